The largest absolute Gasteiger partial charge is 0.227 e. The molecule has 0 aliphatic rings. The van der Waals surface area contributed by atoms with Crippen LogP contribution in [-0.4, -0.2) is 11.7 Å². The molecule has 0 saturated heterocycles. The molecule has 0 unspecified atom stereocenters. The van der Waals surface area contributed by atoms with E-state index < -0.39 is 0 Å². The highest BCUT2D eigenvalue weighted by Gasteiger charge is 1.83. The summed E-state index contributed by atoms with van der Waals surface area (Å²) in [5, 5.41) is 2.62. The number of nitrogens with zero attached hydrogens (tertiary/aromatic N) is 1. The Morgan fingerprint density at radius 3 is 2.88 bits per heavy atom. The first kappa shape index (κ1) is 8.12. The third-order valence-corrected chi connectivity index (χ3v) is 1.15. The topological polar surface area (TPSA) is 12.4 Å². The van der Waals surface area contributed by atoms with Gasteiger partial charge in [0.2, 0.25) is 0 Å². The number of rotatable bonds is 2. The van der Waals surface area contributed by atoms with Gasteiger partial charge in [0.15, 0.2) is 0 Å². The minimum atomic E-state index is 0.328. The van der Waals surface area contributed by atoms with Crippen LogP contribution in [0.3, 0.4) is 0 Å². The SMILES string of the molecule is S=C=NC/C(Cl)=C\Cl. The van der Waals surface area contributed by atoms with E-state index in [4.69, 9.17) is 23.2 Å². The van der Waals surface area contributed by atoms with Crippen molar-refractivity contribution in [2.24, 2.45) is 4.99 Å². The summed E-state index contributed by atoms with van der Waals surface area (Å²) in [4.78, 5) is 3.52. The number of hydrogen-bond donors (Lipinski definition) is 0. The fraction of sp³-hybridized carbons (Fsp3) is 0.250. The van der Waals surface area contributed by atoms with Crippen LogP contribution >= 0.6 is 35.4 Å². The molecule has 44 valence electrons. The Morgan fingerprint density at radius 2 is 2.50 bits per heavy atom. The van der Waals surface area contributed by atoms with Gasteiger partial charge in [0.1, 0.15) is 0 Å². The van der Waals surface area contributed by atoms with E-state index in [2.05, 4.69) is 22.4 Å². The summed E-state index contributed by atoms with van der Waals surface area (Å²) in [6.07, 6.45) is 0. The van der Waals surface area contributed by atoms with E-state index in [0.29, 0.717) is 11.6 Å². The Labute approximate surface area is 63.0 Å². The summed E-state index contributed by atoms with van der Waals surface area (Å²) < 4.78 is 0. The Hall–Kier alpha value is 0.120. The van der Waals surface area contributed by atoms with Gasteiger partial charge in [-0.15, -0.1) is 0 Å². The highest BCUT2D eigenvalue weighted by atomic mass is 35.5. The van der Waals surface area contributed by atoms with Crippen molar-refractivity contribution >= 4 is 40.6 Å². The average molecular weight is 168 g/mol. The molecule has 0 aliphatic heterocycles. The van der Waals surface area contributed by atoms with Crippen LogP contribution < -0.4 is 0 Å². The molecular formula is C4H3Cl2NS. The molecule has 8 heavy (non-hydrogen) atoms. The fourth-order valence-corrected chi connectivity index (χ4v) is 0.336. The molecular weight excluding hydrogens is 165 g/mol. The van der Waals surface area contributed by atoms with Gasteiger partial charge in [-0.3, -0.25) is 0 Å². The van der Waals surface area contributed by atoms with Gasteiger partial charge in [0.05, 0.1) is 16.7 Å². The molecule has 0 spiro atoms. The summed E-state index contributed by atoms with van der Waals surface area (Å²) in [5.41, 5.74) is 1.25. The maximum absolute atomic E-state index is 5.39. The number of halogens is 2. The summed E-state index contributed by atoms with van der Waals surface area (Å²) >= 11 is 14.8. The molecule has 0 aliphatic carbocycles. The smallest absolute Gasteiger partial charge is 0.0858 e. The first-order valence-corrected chi connectivity index (χ1v) is 3.02. The Morgan fingerprint density at radius 1 is 1.88 bits per heavy atom. The van der Waals surface area contributed by atoms with Crippen LogP contribution in [0.15, 0.2) is 15.6 Å². The minimum absolute atomic E-state index is 0.328. The van der Waals surface area contributed by atoms with Gasteiger partial charge >= 0.3 is 0 Å². The van der Waals surface area contributed by atoms with Crippen LogP contribution in [0.5, 0.6) is 0 Å². The molecule has 0 rings (SSSR count). The molecule has 0 atom stereocenters. The van der Waals surface area contributed by atoms with E-state index in [0.717, 1.165) is 0 Å². The predicted molar refractivity (Wildman–Crippen MR) is 39.7 cm³/mol. The second kappa shape index (κ2) is 5.26. The van der Waals surface area contributed by atoms with Crippen molar-refractivity contribution in [1.82, 2.24) is 0 Å². The standard InChI is InChI=1S/C4H3Cl2NS/c5-1-4(6)2-7-3-8/h1H,2H2/b4-1+. The lowest BCUT2D eigenvalue weighted by atomic mass is 10.6. The van der Waals surface area contributed by atoms with Crippen LogP contribution in [-0.2, 0) is 0 Å². The summed E-state index contributed by atoms with van der Waals surface area (Å²) in [5.74, 6) is 0. The van der Waals surface area contributed by atoms with Gasteiger partial charge in [0.25, 0.3) is 0 Å². The van der Waals surface area contributed by atoms with Crippen molar-refractivity contribution < 1.29 is 0 Å². The Kier molecular flexibility index (Phi) is 5.34. The van der Waals surface area contributed by atoms with Gasteiger partial charge in [0, 0.05) is 5.54 Å². The molecule has 0 saturated carbocycles. The van der Waals surface area contributed by atoms with Crippen molar-refractivity contribution in [2.45, 2.75) is 0 Å². The lowest BCUT2D eigenvalue weighted by molar-refractivity contribution is 1.25. The van der Waals surface area contributed by atoms with Crippen molar-refractivity contribution in [2.75, 3.05) is 6.54 Å². The number of hydrogen-bond acceptors (Lipinski definition) is 2. The lowest BCUT2D eigenvalue weighted by Crippen LogP contribution is -1.74. The highest BCUT2D eigenvalue weighted by molar-refractivity contribution is 7.78. The summed E-state index contributed by atoms with van der Waals surface area (Å²) in [6.45, 7) is 0.328. The second-order valence-electron chi connectivity index (χ2n) is 0.963. The van der Waals surface area contributed by atoms with E-state index in [9.17, 15) is 0 Å². The molecule has 0 aromatic heterocycles. The van der Waals surface area contributed by atoms with Crippen LogP contribution in [0.2, 0.25) is 0 Å². The van der Waals surface area contributed by atoms with E-state index in [-0.39, 0.29) is 0 Å². The van der Waals surface area contributed by atoms with Gasteiger partial charge < -0.3 is 0 Å². The van der Waals surface area contributed by atoms with E-state index in [1.54, 1.807) is 0 Å². The van der Waals surface area contributed by atoms with Crippen LogP contribution in [0, 0.1) is 0 Å². The fourth-order valence-electron chi connectivity index (χ4n) is 0.142. The van der Waals surface area contributed by atoms with Gasteiger partial charge in [-0.05, 0) is 12.2 Å². The maximum atomic E-state index is 5.39. The zero-order chi connectivity index (χ0) is 6.41. The van der Waals surface area contributed by atoms with Crippen molar-refractivity contribution in [3.63, 3.8) is 0 Å². The molecule has 0 aromatic rings. The summed E-state index contributed by atoms with van der Waals surface area (Å²) in [7, 11) is 0. The number of thiocarbonyl (C=S) groups is 1. The van der Waals surface area contributed by atoms with Crippen molar-refractivity contribution in [3.05, 3.63) is 10.6 Å². The van der Waals surface area contributed by atoms with E-state index in [1.807, 2.05) is 0 Å². The van der Waals surface area contributed by atoms with Crippen LogP contribution in [0.1, 0.15) is 0 Å². The van der Waals surface area contributed by atoms with Crippen LogP contribution in [0.25, 0.3) is 0 Å². The molecule has 1 nitrogen and oxygen atoms in total. The lowest BCUT2D eigenvalue weighted by Gasteiger charge is -1.82. The first-order chi connectivity index (χ1) is 3.81. The van der Waals surface area contributed by atoms with Gasteiger partial charge in [-0.2, -0.15) is 0 Å². The highest BCUT2D eigenvalue weighted by Crippen LogP contribution is 2.01. The molecule has 0 N–H and O–H groups in total. The molecule has 0 fully saturated rings. The third-order valence-electron chi connectivity index (χ3n) is 0.413. The predicted octanol–water partition coefficient (Wildman–Crippen LogP) is 2.41. The molecule has 0 bridgehead atoms. The van der Waals surface area contributed by atoms with Gasteiger partial charge in [-0.1, -0.05) is 23.2 Å². The van der Waals surface area contributed by atoms with Crippen molar-refractivity contribution in [3.8, 4) is 0 Å². The monoisotopic (exact) mass is 167 g/mol. The Bertz CT molecular complexity index is 137. The quantitative estimate of drug-likeness (QED) is 0.455. The molecule has 4 heteroatoms. The summed E-state index contributed by atoms with van der Waals surface area (Å²) in [6, 6.07) is 0. The molecule has 0 amide bonds. The van der Waals surface area contributed by atoms with Gasteiger partial charge in [-0.25, -0.2) is 4.99 Å². The number of aliphatic imine (C=N–C) groups is 1. The molecule has 0 radical (unpaired) electrons. The maximum Gasteiger partial charge on any atom is 0.0858 e. The minimum Gasteiger partial charge on any atom is -0.227 e. The Balaban J connectivity index is 3.55. The van der Waals surface area contributed by atoms with E-state index in [1.165, 1.54) is 5.54 Å². The zero-order valence-corrected chi connectivity index (χ0v) is 6.22. The third kappa shape index (κ3) is 4.28. The molecule has 0 heterocycles. The zero-order valence-electron chi connectivity index (χ0n) is 3.90. The first-order valence-electron chi connectivity index (χ1n) is 1.79. The average Bonchev–Trinajstić information content (AvgIpc) is 1.83. The van der Waals surface area contributed by atoms with Crippen molar-refractivity contribution in [1.29, 1.82) is 0 Å². The van der Waals surface area contributed by atoms with E-state index >= 15 is 0 Å². The number of isothiocyanates is 1. The molecule has 0 aromatic carbocycles. The normalized spacial score (nSPS) is 10.5. The second-order valence-corrected chi connectivity index (χ2v) is 1.85. The van der Waals surface area contributed by atoms with Crippen LogP contribution in [0.4, 0.5) is 0 Å².